The number of anilines is 1. The van der Waals surface area contributed by atoms with E-state index in [4.69, 9.17) is 25.8 Å². The molecule has 0 aliphatic carbocycles. The van der Waals surface area contributed by atoms with E-state index >= 15 is 0 Å². The fourth-order valence-corrected chi connectivity index (χ4v) is 6.08. The van der Waals surface area contributed by atoms with Gasteiger partial charge in [0.2, 0.25) is 10.0 Å². The molecule has 37 heavy (non-hydrogen) atoms. The minimum atomic E-state index is -3.88. The second kappa shape index (κ2) is 11.5. The Kier molecular flexibility index (Phi) is 8.52. The maximum atomic E-state index is 13.0. The van der Waals surface area contributed by atoms with Crippen LogP contribution in [0.1, 0.15) is 30.6 Å². The summed E-state index contributed by atoms with van der Waals surface area (Å²) in [6, 6.07) is 9.78. The van der Waals surface area contributed by atoms with Crippen LogP contribution in [0, 0.1) is 5.41 Å². The van der Waals surface area contributed by atoms with Gasteiger partial charge in [-0.1, -0.05) is 37.6 Å². The summed E-state index contributed by atoms with van der Waals surface area (Å²) in [4.78, 5) is 16.6. The molecule has 1 fully saturated rings. The Hall–Kier alpha value is -2.53. The van der Waals surface area contributed by atoms with Gasteiger partial charge in [-0.2, -0.15) is 0 Å². The highest BCUT2D eigenvalue weighted by Crippen LogP contribution is 2.42. The van der Waals surface area contributed by atoms with Crippen molar-refractivity contribution >= 4 is 33.3 Å². The van der Waals surface area contributed by atoms with Gasteiger partial charge in [0.15, 0.2) is 11.5 Å². The van der Waals surface area contributed by atoms with Gasteiger partial charge in [-0.3, -0.25) is 4.90 Å². The van der Waals surface area contributed by atoms with Crippen molar-refractivity contribution in [3.05, 3.63) is 47.0 Å². The monoisotopic (exact) mass is 551 g/mol. The molecule has 9 nitrogen and oxygen atoms in total. The van der Waals surface area contributed by atoms with Crippen LogP contribution in [0.4, 0.5) is 5.69 Å². The van der Waals surface area contributed by atoms with Crippen LogP contribution in [0.3, 0.4) is 0 Å². The molecule has 11 heteroatoms. The molecule has 4 rings (SSSR count). The first-order valence-electron chi connectivity index (χ1n) is 12.3. The number of rotatable bonds is 9. The standard InChI is InChI=1S/C26H34ClN3O6S/c1-26(2,18-28-37(32,33)23-7-5-4-6-20(23)25(31)34-3)8-9-29-10-12-30(13-11-29)21-16-19(27)17-22-24(21)36-15-14-35-22/h4-7,16-17,28H,8-15,18H2,1-3H3. The predicted molar refractivity (Wildman–Crippen MR) is 142 cm³/mol. The van der Waals surface area contributed by atoms with Crippen molar-refractivity contribution in [1.82, 2.24) is 9.62 Å². The highest BCUT2D eigenvalue weighted by atomic mass is 35.5. The van der Waals surface area contributed by atoms with Crippen molar-refractivity contribution in [3.8, 4) is 11.5 Å². The van der Waals surface area contributed by atoms with Crippen LogP contribution >= 0.6 is 11.6 Å². The van der Waals surface area contributed by atoms with Crippen LogP contribution in [-0.2, 0) is 14.8 Å². The van der Waals surface area contributed by atoms with Gasteiger partial charge in [0.1, 0.15) is 13.2 Å². The third kappa shape index (κ3) is 6.67. The van der Waals surface area contributed by atoms with Crippen LogP contribution in [0.2, 0.25) is 5.02 Å². The third-order valence-corrected chi connectivity index (χ3v) is 8.41. The van der Waals surface area contributed by atoms with Crippen LogP contribution in [0.5, 0.6) is 11.5 Å². The van der Waals surface area contributed by atoms with Crippen molar-refractivity contribution in [1.29, 1.82) is 0 Å². The average molecular weight is 552 g/mol. The highest BCUT2D eigenvalue weighted by molar-refractivity contribution is 7.89. The number of methoxy groups -OCH3 is 1. The Bertz CT molecular complexity index is 1230. The topological polar surface area (TPSA) is 97.4 Å². The third-order valence-electron chi connectivity index (χ3n) is 6.73. The first-order chi connectivity index (χ1) is 17.6. The minimum absolute atomic E-state index is 0.0195. The lowest BCUT2D eigenvalue weighted by Crippen LogP contribution is -2.47. The predicted octanol–water partition coefficient (Wildman–Crippen LogP) is 3.41. The van der Waals surface area contributed by atoms with Crippen LogP contribution in [0.15, 0.2) is 41.3 Å². The number of halogens is 1. The minimum Gasteiger partial charge on any atom is -0.486 e. The molecule has 0 radical (unpaired) electrons. The van der Waals surface area contributed by atoms with Crippen molar-refractivity contribution in [2.75, 3.05) is 64.5 Å². The highest BCUT2D eigenvalue weighted by Gasteiger charge is 2.28. The quantitative estimate of drug-likeness (QED) is 0.474. The molecule has 0 aromatic heterocycles. The van der Waals surface area contributed by atoms with Gasteiger partial charge < -0.3 is 19.1 Å². The summed E-state index contributed by atoms with van der Waals surface area (Å²) in [7, 11) is -2.65. The van der Waals surface area contributed by atoms with Gasteiger partial charge >= 0.3 is 5.97 Å². The van der Waals surface area contributed by atoms with E-state index in [1.165, 1.54) is 19.2 Å². The number of hydrogen-bond donors (Lipinski definition) is 1. The summed E-state index contributed by atoms with van der Waals surface area (Å²) < 4.78 is 44.9. The number of ether oxygens (including phenoxy) is 3. The normalized spacial score (nSPS) is 16.5. The summed E-state index contributed by atoms with van der Waals surface area (Å²) >= 11 is 6.32. The Balaban J connectivity index is 1.30. The molecule has 1 N–H and O–H groups in total. The van der Waals surface area contributed by atoms with Gasteiger partial charge in [0, 0.05) is 43.8 Å². The Morgan fingerprint density at radius 1 is 1.11 bits per heavy atom. The summed E-state index contributed by atoms with van der Waals surface area (Å²) in [5, 5.41) is 0.625. The van der Waals surface area contributed by atoms with Gasteiger partial charge in [-0.05, 0) is 36.6 Å². The summed E-state index contributed by atoms with van der Waals surface area (Å²) in [6.45, 7) is 9.60. The Morgan fingerprint density at radius 2 is 1.81 bits per heavy atom. The number of sulfonamides is 1. The molecule has 0 saturated carbocycles. The zero-order valence-electron chi connectivity index (χ0n) is 21.5. The molecule has 0 bridgehead atoms. The number of nitrogens with zero attached hydrogens (tertiary/aromatic N) is 2. The molecule has 0 spiro atoms. The lowest BCUT2D eigenvalue weighted by atomic mass is 9.89. The fraction of sp³-hybridized carbons (Fsp3) is 0.500. The van der Waals surface area contributed by atoms with E-state index in [1.807, 2.05) is 19.9 Å². The van der Waals surface area contributed by atoms with Crippen LogP contribution < -0.4 is 19.1 Å². The van der Waals surface area contributed by atoms with Crippen LogP contribution in [0.25, 0.3) is 0 Å². The number of hydrogen-bond acceptors (Lipinski definition) is 8. The molecule has 202 valence electrons. The second-order valence-corrected chi connectivity index (χ2v) is 12.2. The first-order valence-corrected chi connectivity index (χ1v) is 14.2. The van der Waals surface area contributed by atoms with Crippen molar-refractivity contribution in [3.63, 3.8) is 0 Å². The average Bonchev–Trinajstić information content (AvgIpc) is 2.90. The molecule has 0 atom stereocenters. The van der Waals surface area contributed by atoms with Crippen molar-refractivity contribution in [2.45, 2.75) is 25.2 Å². The summed E-state index contributed by atoms with van der Waals surface area (Å²) in [6.07, 6.45) is 0.803. The zero-order chi connectivity index (χ0) is 26.6. The molecular formula is C26H34ClN3O6S. The van der Waals surface area contributed by atoms with E-state index in [0.717, 1.165) is 50.6 Å². The van der Waals surface area contributed by atoms with Gasteiger partial charge in [0.25, 0.3) is 0 Å². The van der Waals surface area contributed by atoms with E-state index in [2.05, 4.69) is 14.5 Å². The van der Waals surface area contributed by atoms with Crippen LogP contribution in [-0.4, -0.2) is 78.9 Å². The number of benzene rings is 2. The van der Waals surface area contributed by atoms with Gasteiger partial charge in [-0.15, -0.1) is 0 Å². The number of carbonyl (C=O) groups excluding carboxylic acids is 1. The van der Waals surface area contributed by atoms with E-state index in [1.54, 1.807) is 18.2 Å². The molecule has 0 unspecified atom stereocenters. The molecule has 0 amide bonds. The number of fused-ring (bicyclic) bond motifs is 1. The SMILES string of the molecule is COC(=O)c1ccccc1S(=O)(=O)NCC(C)(C)CCN1CCN(c2cc(Cl)cc3c2OCCO3)CC1. The molecule has 2 aromatic carbocycles. The van der Waals surface area contributed by atoms with E-state index < -0.39 is 16.0 Å². The fourth-order valence-electron chi connectivity index (χ4n) is 4.45. The lowest BCUT2D eigenvalue weighted by molar-refractivity contribution is 0.0596. The molecule has 1 saturated heterocycles. The molecule has 2 aromatic rings. The Labute approximate surface area is 223 Å². The number of esters is 1. The van der Waals surface area contributed by atoms with E-state index in [0.29, 0.717) is 24.0 Å². The Morgan fingerprint density at radius 3 is 2.54 bits per heavy atom. The molecular weight excluding hydrogens is 518 g/mol. The number of carbonyl (C=O) groups is 1. The smallest absolute Gasteiger partial charge is 0.339 e. The largest absolute Gasteiger partial charge is 0.486 e. The van der Waals surface area contributed by atoms with E-state index in [-0.39, 0.29) is 22.4 Å². The molecule has 2 heterocycles. The van der Waals surface area contributed by atoms with Crippen molar-refractivity contribution < 1.29 is 27.4 Å². The molecule has 2 aliphatic heterocycles. The number of nitrogens with one attached hydrogen (secondary N) is 1. The van der Waals surface area contributed by atoms with Gasteiger partial charge in [-0.25, -0.2) is 17.9 Å². The summed E-state index contributed by atoms with van der Waals surface area (Å²) in [5.74, 6) is 0.762. The second-order valence-electron chi connectivity index (χ2n) is 10.0. The maximum absolute atomic E-state index is 13.0. The zero-order valence-corrected chi connectivity index (χ0v) is 23.0. The van der Waals surface area contributed by atoms with Crippen molar-refractivity contribution in [2.24, 2.45) is 5.41 Å². The van der Waals surface area contributed by atoms with E-state index in [9.17, 15) is 13.2 Å². The maximum Gasteiger partial charge on any atom is 0.339 e. The number of piperazine rings is 1. The first kappa shape index (κ1) is 27.5. The van der Waals surface area contributed by atoms with Gasteiger partial charge in [0.05, 0.1) is 23.3 Å². The summed E-state index contributed by atoms with van der Waals surface area (Å²) in [5.41, 5.74) is 0.691. The lowest BCUT2D eigenvalue weighted by Gasteiger charge is -2.38. The molecule has 2 aliphatic rings.